The highest BCUT2D eigenvalue weighted by molar-refractivity contribution is 6.07. The van der Waals surface area contributed by atoms with Crippen molar-refractivity contribution in [2.24, 2.45) is 11.5 Å². The molecule has 1 aromatic heterocycles. The molecule has 0 aromatic carbocycles. The van der Waals surface area contributed by atoms with E-state index in [1.165, 1.54) is 12.3 Å². The highest BCUT2D eigenvalue weighted by atomic mass is 16.1. The Labute approximate surface area is 127 Å². The van der Waals surface area contributed by atoms with Crippen molar-refractivity contribution in [1.82, 2.24) is 10.3 Å². The van der Waals surface area contributed by atoms with Gasteiger partial charge >= 0.3 is 0 Å². The lowest BCUT2D eigenvalue weighted by Gasteiger charge is -2.19. The first-order valence-corrected chi connectivity index (χ1v) is 6.74. The summed E-state index contributed by atoms with van der Waals surface area (Å²) in [5.74, 6) is -0.547. The minimum Gasteiger partial charge on any atom is -0.384 e. The van der Waals surface area contributed by atoms with Gasteiger partial charge in [0, 0.05) is 30.9 Å². The molecule has 1 fully saturated rings. The number of amidine groups is 1. The van der Waals surface area contributed by atoms with Crippen LogP contribution in [0.25, 0.3) is 0 Å². The molecule has 8 heteroatoms. The third-order valence-electron chi connectivity index (χ3n) is 3.49. The molecule has 116 valence electrons. The summed E-state index contributed by atoms with van der Waals surface area (Å²) in [7, 11) is 0. The van der Waals surface area contributed by atoms with Crippen LogP contribution < -0.4 is 21.7 Å². The number of carbonyl (C=O) groups excluding carboxylic acids is 2. The van der Waals surface area contributed by atoms with Crippen LogP contribution in [0.3, 0.4) is 0 Å². The molecule has 0 aliphatic carbocycles. The number of hydrogen-bond donors (Lipinski definition) is 4. The molecule has 2 rings (SSSR count). The first-order chi connectivity index (χ1) is 10.4. The molecule has 1 aliphatic rings. The molecule has 1 atom stereocenters. The van der Waals surface area contributed by atoms with Crippen LogP contribution in [0.2, 0.25) is 0 Å². The second-order valence-electron chi connectivity index (χ2n) is 5.01. The summed E-state index contributed by atoms with van der Waals surface area (Å²) in [6, 6.07) is 1.57. The number of carbonyl (C=O) groups is 2. The molecule has 1 aliphatic heterocycles. The van der Waals surface area contributed by atoms with Gasteiger partial charge in [0.2, 0.25) is 5.91 Å². The highest BCUT2D eigenvalue weighted by Gasteiger charge is 2.25. The zero-order valence-corrected chi connectivity index (χ0v) is 12.0. The number of nitrogen functional groups attached to an aromatic ring is 1. The van der Waals surface area contributed by atoms with Crippen LogP contribution >= 0.6 is 0 Å². The Morgan fingerprint density at radius 1 is 1.45 bits per heavy atom. The summed E-state index contributed by atoms with van der Waals surface area (Å²) in [6.07, 6.45) is 3.33. The maximum Gasteiger partial charge on any atom is 0.251 e. The minimum atomic E-state index is -0.679. The third kappa shape index (κ3) is 3.22. The zero-order valence-electron chi connectivity index (χ0n) is 12.0. The van der Waals surface area contributed by atoms with Gasteiger partial charge in [-0.15, -0.1) is 0 Å². The Morgan fingerprint density at radius 3 is 2.77 bits per heavy atom. The van der Waals surface area contributed by atoms with Gasteiger partial charge in [0.25, 0.3) is 5.91 Å². The molecule has 0 radical (unpaired) electrons. The van der Waals surface area contributed by atoms with Gasteiger partial charge in [-0.3, -0.25) is 15.0 Å². The van der Waals surface area contributed by atoms with E-state index in [-0.39, 0.29) is 28.9 Å². The highest BCUT2D eigenvalue weighted by Crippen LogP contribution is 2.21. The largest absolute Gasteiger partial charge is 0.384 e. The van der Waals surface area contributed by atoms with E-state index in [0.717, 1.165) is 6.42 Å². The lowest BCUT2D eigenvalue weighted by Crippen LogP contribution is -2.36. The number of pyridine rings is 1. The number of nitrogens with one attached hydrogen (secondary N) is 2. The molecule has 2 amide bonds. The van der Waals surface area contributed by atoms with Crippen LogP contribution in [0.5, 0.6) is 0 Å². The molecule has 0 unspecified atom stereocenters. The number of amides is 2. The number of nitrogens with two attached hydrogens (primary N) is 2. The van der Waals surface area contributed by atoms with Crippen LogP contribution in [0.1, 0.15) is 22.3 Å². The second-order valence-corrected chi connectivity index (χ2v) is 5.01. The van der Waals surface area contributed by atoms with Crippen LogP contribution in [0.4, 0.5) is 5.82 Å². The summed E-state index contributed by atoms with van der Waals surface area (Å²) in [5.41, 5.74) is 11.1. The predicted molar refractivity (Wildman–Crippen MR) is 82.7 cm³/mol. The van der Waals surface area contributed by atoms with Gasteiger partial charge in [0.05, 0.1) is 5.56 Å². The number of primary amides is 1. The lowest BCUT2D eigenvalue weighted by molar-refractivity contribution is -0.117. The quantitative estimate of drug-likeness (QED) is 0.325. The molecular formula is C14H18N6O2. The second kappa shape index (κ2) is 6.25. The monoisotopic (exact) mass is 302 g/mol. The van der Waals surface area contributed by atoms with Crippen molar-refractivity contribution in [3.63, 3.8) is 0 Å². The SMILES string of the molecule is C=CC(=O)N[C@@H]1CCN(c2cc(C(=N)N)c(C(N)=O)cn2)C1. The van der Waals surface area contributed by atoms with Crippen LogP contribution in [-0.4, -0.2) is 41.8 Å². The van der Waals surface area contributed by atoms with E-state index in [4.69, 9.17) is 16.9 Å². The fraction of sp³-hybridized carbons (Fsp3) is 0.286. The molecule has 0 spiro atoms. The number of nitrogens with zero attached hydrogens (tertiary/aromatic N) is 2. The number of aromatic nitrogens is 1. The number of hydrogen-bond acceptors (Lipinski definition) is 5. The smallest absolute Gasteiger partial charge is 0.251 e. The Bertz CT molecular complexity index is 642. The van der Waals surface area contributed by atoms with E-state index in [2.05, 4.69) is 16.9 Å². The first-order valence-electron chi connectivity index (χ1n) is 6.74. The number of anilines is 1. The zero-order chi connectivity index (χ0) is 16.3. The summed E-state index contributed by atoms with van der Waals surface area (Å²) >= 11 is 0. The predicted octanol–water partition coefficient (Wildman–Crippen LogP) is -0.655. The Kier molecular flexibility index (Phi) is 4.40. The van der Waals surface area contributed by atoms with E-state index in [0.29, 0.717) is 18.9 Å². The van der Waals surface area contributed by atoms with Crippen molar-refractivity contribution in [3.05, 3.63) is 36.0 Å². The van der Waals surface area contributed by atoms with Gasteiger partial charge in [-0.1, -0.05) is 6.58 Å². The van der Waals surface area contributed by atoms with E-state index in [9.17, 15) is 9.59 Å². The molecule has 2 heterocycles. The van der Waals surface area contributed by atoms with Crippen molar-refractivity contribution in [3.8, 4) is 0 Å². The molecule has 1 aromatic rings. The normalized spacial score (nSPS) is 17.1. The lowest BCUT2D eigenvalue weighted by atomic mass is 10.1. The first kappa shape index (κ1) is 15.5. The van der Waals surface area contributed by atoms with Gasteiger partial charge in [-0.25, -0.2) is 4.98 Å². The van der Waals surface area contributed by atoms with E-state index >= 15 is 0 Å². The maximum absolute atomic E-state index is 11.3. The van der Waals surface area contributed by atoms with E-state index in [1.807, 2.05) is 4.90 Å². The van der Waals surface area contributed by atoms with Crippen molar-refractivity contribution in [2.45, 2.75) is 12.5 Å². The summed E-state index contributed by atoms with van der Waals surface area (Å²) in [4.78, 5) is 28.8. The van der Waals surface area contributed by atoms with Gasteiger partial charge in [-0.05, 0) is 18.6 Å². The fourth-order valence-corrected chi connectivity index (χ4v) is 2.38. The molecule has 22 heavy (non-hydrogen) atoms. The van der Waals surface area contributed by atoms with Crippen molar-refractivity contribution < 1.29 is 9.59 Å². The van der Waals surface area contributed by atoms with Crippen LogP contribution in [0.15, 0.2) is 24.9 Å². The van der Waals surface area contributed by atoms with Gasteiger partial charge in [0.15, 0.2) is 0 Å². The summed E-state index contributed by atoms with van der Waals surface area (Å²) < 4.78 is 0. The minimum absolute atomic E-state index is 0.00361. The third-order valence-corrected chi connectivity index (χ3v) is 3.49. The molecule has 0 bridgehead atoms. The molecule has 6 N–H and O–H groups in total. The summed E-state index contributed by atoms with van der Waals surface area (Å²) in [6.45, 7) is 4.70. The van der Waals surface area contributed by atoms with E-state index < -0.39 is 5.91 Å². The van der Waals surface area contributed by atoms with Gasteiger partial charge < -0.3 is 21.7 Å². The van der Waals surface area contributed by atoms with Crippen molar-refractivity contribution in [2.75, 3.05) is 18.0 Å². The molecule has 1 saturated heterocycles. The summed E-state index contributed by atoms with van der Waals surface area (Å²) in [5, 5.41) is 10.4. The molecule has 0 saturated carbocycles. The Hall–Kier alpha value is -2.90. The average molecular weight is 302 g/mol. The van der Waals surface area contributed by atoms with E-state index in [1.54, 1.807) is 6.07 Å². The van der Waals surface area contributed by atoms with Gasteiger partial charge in [0.1, 0.15) is 11.7 Å². The average Bonchev–Trinajstić information content (AvgIpc) is 2.94. The van der Waals surface area contributed by atoms with Gasteiger partial charge in [-0.2, -0.15) is 0 Å². The Morgan fingerprint density at radius 2 is 2.18 bits per heavy atom. The molecular weight excluding hydrogens is 284 g/mol. The molecule has 8 nitrogen and oxygen atoms in total. The topological polar surface area (TPSA) is 138 Å². The fourth-order valence-electron chi connectivity index (χ4n) is 2.38. The van der Waals surface area contributed by atoms with Crippen molar-refractivity contribution >= 4 is 23.5 Å². The van der Waals surface area contributed by atoms with Crippen molar-refractivity contribution in [1.29, 1.82) is 5.41 Å². The standard InChI is InChI=1S/C14H18N6O2/c1-2-12(21)19-8-3-4-20(7-8)11-5-9(13(15)16)10(6-18-11)14(17)22/h2,5-6,8H,1,3-4,7H2,(H3,15,16)(H2,17,22)(H,19,21)/t8-/m1/s1. The maximum atomic E-state index is 11.3. The Balaban J connectivity index is 2.18. The van der Waals surface area contributed by atoms with Crippen LogP contribution in [0, 0.1) is 5.41 Å². The van der Waals surface area contributed by atoms with Crippen LogP contribution in [-0.2, 0) is 4.79 Å². The number of rotatable bonds is 5.